The molecule has 0 saturated heterocycles. The summed E-state index contributed by atoms with van der Waals surface area (Å²) in [6.45, 7) is 3.79. The lowest BCUT2D eigenvalue weighted by molar-refractivity contribution is 0.0730. The van der Waals surface area contributed by atoms with Crippen molar-refractivity contribution in [3.63, 3.8) is 0 Å². The molecular formula is C27H26F2O2. The van der Waals surface area contributed by atoms with Crippen molar-refractivity contribution in [2.75, 3.05) is 0 Å². The van der Waals surface area contributed by atoms with Crippen molar-refractivity contribution in [1.82, 2.24) is 0 Å². The SMILES string of the molecule is C=CCCC1CCC(c2ccc(C(=O)Oc3ccc4c(F)cccc4c3)c(F)c2)CC1. The van der Waals surface area contributed by atoms with Crippen LogP contribution in [0.2, 0.25) is 0 Å². The van der Waals surface area contributed by atoms with Crippen LogP contribution in [0.5, 0.6) is 5.75 Å². The second-order valence-electron chi connectivity index (χ2n) is 8.34. The fraction of sp³-hybridized carbons (Fsp3) is 0.296. The number of carbonyl (C=O) groups is 1. The largest absolute Gasteiger partial charge is 0.423 e. The van der Waals surface area contributed by atoms with Gasteiger partial charge in [-0.1, -0.05) is 24.3 Å². The third kappa shape index (κ3) is 4.84. The average Bonchev–Trinajstić information content (AvgIpc) is 2.78. The molecule has 0 N–H and O–H groups in total. The van der Waals surface area contributed by atoms with Crippen LogP contribution in [0, 0.1) is 17.6 Å². The predicted octanol–water partition coefficient (Wildman–Crippen LogP) is 7.58. The number of allylic oxidation sites excluding steroid dienone is 1. The molecule has 1 aliphatic rings. The Hall–Kier alpha value is -3.01. The summed E-state index contributed by atoms with van der Waals surface area (Å²) in [6, 6.07) is 14.2. The molecule has 0 unspecified atom stereocenters. The molecule has 3 aromatic carbocycles. The van der Waals surface area contributed by atoms with Gasteiger partial charge in [-0.3, -0.25) is 0 Å². The second-order valence-corrected chi connectivity index (χ2v) is 8.34. The van der Waals surface area contributed by atoms with E-state index in [9.17, 15) is 13.6 Å². The summed E-state index contributed by atoms with van der Waals surface area (Å²) in [7, 11) is 0. The Labute approximate surface area is 181 Å². The van der Waals surface area contributed by atoms with E-state index >= 15 is 0 Å². The third-order valence-corrected chi connectivity index (χ3v) is 6.32. The lowest BCUT2D eigenvalue weighted by atomic mass is 9.77. The van der Waals surface area contributed by atoms with Gasteiger partial charge in [-0.05, 0) is 97.7 Å². The van der Waals surface area contributed by atoms with Crippen molar-refractivity contribution in [2.24, 2.45) is 5.92 Å². The normalized spacial score (nSPS) is 18.6. The van der Waals surface area contributed by atoms with Crippen LogP contribution in [0.4, 0.5) is 8.78 Å². The van der Waals surface area contributed by atoms with Crippen LogP contribution in [0.15, 0.2) is 67.3 Å². The number of ether oxygens (including phenoxy) is 1. The molecule has 0 bridgehead atoms. The molecule has 1 fully saturated rings. The van der Waals surface area contributed by atoms with E-state index in [0.29, 0.717) is 16.7 Å². The highest BCUT2D eigenvalue weighted by Crippen LogP contribution is 2.38. The molecule has 2 nitrogen and oxygen atoms in total. The van der Waals surface area contributed by atoms with E-state index in [-0.39, 0.29) is 17.1 Å². The van der Waals surface area contributed by atoms with Crippen molar-refractivity contribution in [2.45, 2.75) is 44.4 Å². The molecule has 3 aromatic rings. The number of hydrogen-bond donors (Lipinski definition) is 0. The molecule has 0 amide bonds. The predicted molar refractivity (Wildman–Crippen MR) is 119 cm³/mol. The summed E-state index contributed by atoms with van der Waals surface area (Å²) < 4.78 is 33.9. The third-order valence-electron chi connectivity index (χ3n) is 6.32. The quantitative estimate of drug-likeness (QED) is 0.233. The maximum absolute atomic E-state index is 14.7. The van der Waals surface area contributed by atoms with Crippen LogP contribution in [-0.4, -0.2) is 5.97 Å². The van der Waals surface area contributed by atoms with E-state index in [4.69, 9.17) is 4.74 Å². The topological polar surface area (TPSA) is 26.3 Å². The summed E-state index contributed by atoms with van der Waals surface area (Å²) in [5, 5.41) is 1.06. The molecule has 0 atom stereocenters. The molecule has 0 radical (unpaired) electrons. The summed E-state index contributed by atoms with van der Waals surface area (Å²) in [4.78, 5) is 12.5. The van der Waals surface area contributed by atoms with Gasteiger partial charge in [0, 0.05) is 5.39 Å². The van der Waals surface area contributed by atoms with Crippen LogP contribution in [-0.2, 0) is 0 Å². The van der Waals surface area contributed by atoms with Crippen LogP contribution in [0.3, 0.4) is 0 Å². The molecule has 0 heterocycles. The maximum Gasteiger partial charge on any atom is 0.346 e. The number of rotatable bonds is 6. The second kappa shape index (κ2) is 9.42. The molecular weight excluding hydrogens is 394 g/mol. The first kappa shape index (κ1) is 21.2. The maximum atomic E-state index is 14.7. The first-order chi connectivity index (χ1) is 15.0. The Morgan fingerprint density at radius 2 is 1.81 bits per heavy atom. The summed E-state index contributed by atoms with van der Waals surface area (Å²) in [5.74, 6) is -0.356. The number of benzene rings is 3. The van der Waals surface area contributed by atoms with Crippen molar-refractivity contribution >= 4 is 16.7 Å². The Morgan fingerprint density at radius 1 is 1.00 bits per heavy atom. The fourth-order valence-electron chi connectivity index (χ4n) is 4.54. The minimum Gasteiger partial charge on any atom is -0.423 e. The number of esters is 1. The van der Waals surface area contributed by atoms with E-state index in [2.05, 4.69) is 6.58 Å². The van der Waals surface area contributed by atoms with Gasteiger partial charge in [0.1, 0.15) is 17.4 Å². The Bertz CT molecular complexity index is 1100. The van der Waals surface area contributed by atoms with Crippen molar-refractivity contribution in [3.8, 4) is 5.75 Å². The molecule has 0 aromatic heterocycles. The number of carbonyl (C=O) groups excluding carboxylic acids is 1. The van der Waals surface area contributed by atoms with Gasteiger partial charge in [0.25, 0.3) is 0 Å². The minimum absolute atomic E-state index is 0.0947. The van der Waals surface area contributed by atoms with Crippen molar-refractivity contribution in [1.29, 1.82) is 0 Å². The van der Waals surface area contributed by atoms with Crippen LogP contribution in [0.25, 0.3) is 10.8 Å². The summed E-state index contributed by atoms with van der Waals surface area (Å²) in [6.07, 6.45) is 8.56. The first-order valence-electron chi connectivity index (χ1n) is 10.9. The standard InChI is InChI=1S/C27H26F2O2/c1-2-3-5-18-8-10-19(11-9-18)20-12-14-24(26(29)17-20)27(30)31-22-13-15-23-21(16-22)6-4-7-25(23)28/h2,4,6-7,12-19H,1,3,5,8-11H2. The van der Waals surface area contributed by atoms with E-state index in [1.807, 2.05) is 12.1 Å². The smallest absolute Gasteiger partial charge is 0.346 e. The van der Waals surface area contributed by atoms with E-state index in [0.717, 1.165) is 43.6 Å². The first-order valence-corrected chi connectivity index (χ1v) is 10.9. The zero-order valence-corrected chi connectivity index (χ0v) is 17.5. The summed E-state index contributed by atoms with van der Waals surface area (Å²) >= 11 is 0. The number of fused-ring (bicyclic) bond motifs is 1. The van der Waals surface area contributed by atoms with Crippen molar-refractivity contribution < 1.29 is 18.3 Å². The van der Waals surface area contributed by atoms with Gasteiger partial charge in [0.05, 0.1) is 5.56 Å². The van der Waals surface area contributed by atoms with Gasteiger partial charge in [0.2, 0.25) is 0 Å². The lowest BCUT2D eigenvalue weighted by Crippen LogP contribution is -2.15. The van der Waals surface area contributed by atoms with E-state index < -0.39 is 11.8 Å². The van der Waals surface area contributed by atoms with Gasteiger partial charge in [-0.25, -0.2) is 13.6 Å². The highest BCUT2D eigenvalue weighted by Gasteiger charge is 2.24. The molecule has 4 rings (SSSR count). The molecule has 1 aliphatic carbocycles. The van der Waals surface area contributed by atoms with Gasteiger partial charge in [-0.15, -0.1) is 6.58 Å². The highest BCUT2D eigenvalue weighted by molar-refractivity contribution is 5.92. The highest BCUT2D eigenvalue weighted by atomic mass is 19.1. The average molecular weight is 420 g/mol. The Balaban J connectivity index is 1.43. The fourth-order valence-corrected chi connectivity index (χ4v) is 4.54. The number of halogens is 2. The molecule has 31 heavy (non-hydrogen) atoms. The zero-order valence-electron chi connectivity index (χ0n) is 17.5. The van der Waals surface area contributed by atoms with Gasteiger partial charge >= 0.3 is 5.97 Å². The number of hydrogen-bond acceptors (Lipinski definition) is 2. The van der Waals surface area contributed by atoms with Crippen molar-refractivity contribution in [3.05, 3.63) is 90.0 Å². The van der Waals surface area contributed by atoms with E-state index in [1.54, 1.807) is 24.3 Å². The summed E-state index contributed by atoms with van der Waals surface area (Å²) in [5.41, 5.74) is 0.847. The zero-order chi connectivity index (χ0) is 21.8. The van der Waals surface area contributed by atoms with Crippen LogP contribution < -0.4 is 4.74 Å². The van der Waals surface area contributed by atoms with E-state index in [1.165, 1.54) is 30.7 Å². The van der Waals surface area contributed by atoms with Gasteiger partial charge in [0.15, 0.2) is 0 Å². The van der Waals surface area contributed by atoms with Gasteiger partial charge < -0.3 is 4.74 Å². The monoisotopic (exact) mass is 420 g/mol. The molecule has 0 aliphatic heterocycles. The molecule has 1 saturated carbocycles. The Kier molecular flexibility index (Phi) is 6.45. The lowest BCUT2D eigenvalue weighted by Gasteiger charge is -2.28. The molecule has 4 heteroatoms. The van der Waals surface area contributed by atoms with Crippen LogP contribution in [0.1, 0.15) is 60.4 Å². The Morgan fingerprint density at radius 3 is 2.55 bits per heavy atom. The molecule has 0 spiro atoms. The minimum atomic E-state index is -0.757. The van der Waals surface area contributed by atoms with Gasteiger partial charge in [-0.2, -0.15) is 0 Å². The van der Waals surface area contributed by atoms with Crippen LogP contribution >= 0.6 is 0 Å². The molecule has 160 valence electrons.